The molecular weight excluding hydrogens is 238 g/mol. The Morgan fingerprint density at radius 1 is 1.12 bits per heavy atom. The van der Waals surface area contributed by atoms with Crippen LogP contribution in [0.1, 0.15) is 18.1 Å². The second kappa shape index (κ2) is 6.25. The first kappa shape index (κ1) is 14.3. The van der Waals surface area contributed by atoms with Crippen LogP contribution in [0.15, 0.2) is 0 Å². The van der Waals surface area contributed by atoms with E-state index in [0.717, 1.165) is 30.7 Å². The predicted octanol–water partition coefficient (Wildman–Crippen LogP) is 1.16. The number of nitrogens with zero attached hydrogens (tertiary/aromatic N) is 3. The Labute approximate surface area is 103 Å². The maximum atomic E-state index is 5.36. The number of aryl methyl sites for hydroxylation is 3. The molecule has 0 unspecified atom stereocenters. The number of aromatic nitrogens is 3. The molecular formula is C10H21N3O3Si. The van der Waals surface area contributed by atoms with Crippen molar-refractivity contribution in [3.63, 3.8) is 0 Å². The fraction of sp³-hybridized carbons (Fsp3) is 0.800. The van der Waals surface area contributed by atoms with Crippen LogP contribution in [0.2, 0.25) is 6.04 Å². The fourth-order valence-corrected chi connectivity index (χ4v) is 3.48. The fourth-order valence-electron chi connectivity index (χ4n) is 1.77. The molecule has 1 aromatic heterocycles. The molecule has 0 atom stereocenters. The average Bonchev–Trinajstić information content (AvgIpc) is 2.64. The Balaban J connectivity index is 2.49. The third-order valence-corrected chi connectivity index (χ3v) is 5.58. The van der Waals surface area contributed by atoms with E-state index >= 15 is 0 Å². The normalized spacial score (nSPS) is 12.1. The van der Waals surface area contributed by atoms with Gasteiger partial charge in [0.25, 0.3) is 0 Å². The number of hydrogen-bond acceptors (Lipinski definition) is 5. The largest absolute Gasteiger partial charge is 0.500 e. The Hall–Kier alpha value is -0.763. The van der Waals surface area contributed by atoms with Gasteiger partial charge in [0.05, 0.1) is 0 Å². The van der Waals surface area contributed by atoms with Crippen molar-refractivity contribution in [3.05, 3.63) is 11.6 Å². The molecule has 0 aliphatic rings. The molecule has 0 amide bonds. The first-order chi connectivity index (χ1) is 8.06. The molecule has 0 bridgehead atoms. The highest BCUT2D eigenvalue weighted by Crippen LogP contribution is 2.15. The minimum Gasteiger partial charge on any atom is -0.377 e. The van der Waals surface area contributed by atoms with E-state index in [9.17, 15) is 0 Å². The molecule has 17 heavy (non-hydrogen) atoms. The van der Waals surface area contributed by atoms with Crippen molar-refractivity contribution < 1.29 is 13.3 Å². The average molecular weight is 259 g/mol. The van der Waals surface area contributed by atoms with Crippen LogP contribution in [0, 0.1) is 13.8 Å². The van der Waals surface area contributed by atoms with Gasteiger partial charge in [-0.1, -0.05) is 0 Å². The molecule has 0 spiro atoms. The molecule has 0 aromatic carbocycles. The van der Waals surface area contributed by atoms with E-state index in [-0.39, 0.29) is 0 Å². The summed E-state index contributed by atoms with van der Waals surface area (Å²) in [7, 11) is 2.44. The third kappa shape index (κ3) is 3.60. The van der Waals surface area contributed by atoms with Gasteiger partial charge in [-0.15, -0.1) is 0 Å². The summed E-state index contributed by atoms with van der Waals surface area (Å²) in [5, 5.41) is 4.31. The lowest BCUT2D eigenvalue weighted by Gasteiger charge is -2.24. The lowest BCUT2D eigenvalue weighted by molar-refractivity contribution is 0.122. The van der Waals surface area contributed by atoms with Gasteiger partial charge in [0.2, 0.25) is 0 Å². The van der Waals surface area contributed by atoms with Crippen LogP contribution in [0.3, 0.4) is 0 Å². The maximum Gasteiger partial charge on any atom is 0.500 e. The second-order valence-corrected chi connectivity index (χ2v) is 6.92. The standard InChI is InChI=1S/C10H21N3O3Si/c1-9-11-10(2)13(12-9)7-6-8-17(14-3,15-4)16-5/h6-8H2,1-5H3. The number of hydrogen-bond donors (Lipinski definition) is 0. The minimum atomic E-state index is -2.44. The highest BCUT2D eigenvalue weighted by atomic mass is 28.4. The molecule has 1 rings (SSSR count). The molecule has 6 nitrogen and oxygen atoms in total. The first-order valence-corrected chi connectivity index (χ1v) is 7.53. The van der Waals surface area contributed by atoms with Gasteiger partial charge in [0, 0.05) is 33.9 Å². The summed E-state index contributed by atoms with van der Waals surface area (Å²) in [6.07, 6.45) is 0.894. The van der Waals surface area contributed by atoms with Gasteiger partial charge in [0.15, 0.2) is 0 Å². The molecule has 0 fully saturated rings. The van der Waals surface area contributed by atoms with E-state index in [1.807, 2.05) is 18.5 Å². The monoisotopic (exact) mass is 259 g/mol. The summed E-state index contributed by atoms with van der Waals surface area (Å²) in [6.45, 7) is 4.65. The van der Waals surface area contributed by atoms with Crippen LogP contribution in [-0.4, -0.2) is 44.9 Å². The molecule has 0 saturated heterocycles. The van der Waals surface area contributed by atoms with Crippen molar-refractivity contribution in [2.45, 2.75) is 32.9 Å². The van der Waals surface area contributed by atoms with E-state index in [2.05, 4.69) is 10.1 Å². The second-order valence-electron chi connectivity index (χ2n) is 3.83. The molecule has 0 aliphatic carbocycles. The van der Waals surface area contributed by atoms with Crippen LogP contribution in [0.4, 0.5) is 0 Å². The van der Waals surface area contributed by atoms with Crippen molar-refractivity contribution in [1.82, 2.24) is 14.8 Å². The zero-order valence-corrected chi connectivity index (χ0v) is 12.2. The van der Waals surface area contributed by atoms with E-state index < -0.39 is 8.80 Å². The summed E-state index contributed by atoms with van der Waals surface area (Å²) in [4.78, 5) is 4.26. The number of rotatable bonds is 7. The predicted molar refractivity (Wildman–Crippen MR) is 65.7 cm³/mol. The van der Waals surface area contributed by atoms with Crippen molar-refractivity contribution in [2.75, 3.05) is 21.3 Å². The van der Waals surface area contributed by atoms with E-state index in [1.165, 1.54) is 0 Å². The summed E-state index contributed by atoms with van der Waals surface area (Å²) in [6, 6.07) is 0.773. The molecule has 1 heterocycles. The van der Waals surface area contributed by atoms with Crippen LogP contribution in [0.5, 0.6) is 0 Å². The van der Waals surface area contributed by atoms with Gasteiger partial charge in [-0.2, -0.15) is 5.10 Å². The Morgan fingerprint density at radius 3 is 2.12 bits per heavy atom. The third-order valence-electron chi connectivity index (χ3n) is 2.75. The SMILES string of the molecule is CO[Si](CCCn1nc(C)nc1C)(OC)OC. The van der Waals surface area contributed by atoms with Crippen LogP contribution >= 0.6 is 0 Å². The van der Waals surface area contributed by atoms with Crippen LogP contribution < -0.4 is 0 Å². The van der Waals surface area contributed by atoms with Crippen molar-refractivity contribution in [2.24, 2.45) is 0 Å². The molecule has 0 saturated carbocycles. The van der Waals surface area contributed by atoms with Crippen molar-refractivity contribution >= 4 is 8.80 Å². The summed E-state index contributed by atoms with van der Waals surface area (Å²) >= 11 is 0. The highest BCUT2D eigenvalue weighted by molar-refractivity contribution is 6.60. The van der Waals surface area contributed by atoms with Gasteiger partial charge in [-0.05, 0) is 20.3 Å². The lowest BCUT2D eigenvalue weighted by Crippen LogP contribution is -2.42. The molecule has 0 N–H and O–H groups in total. The summed E-state index contributed by atoms with van der Waals surface area (Å²) < 4.78 is 18.0. The zero-order valence-electron chi connectivity index (χ0n) is 11.2. The van der Waals surface area contributed by atoms with Gasteiger partial charge in [-0.3, -0.25) is 4.68 Å². The van der Waals surface area contributed by atoms with Crippen molar-refractivity contribution in [1.29, 1.82) is 0 Å². The Kier molecular flexibility index (Phi) is 5.25. The van der Waals surface area contributed by atoms with Crippen molar-refractivity contribution in [3.8, 4) is 0 Å². The van der Waals surface area contributed by atoms with Gasteiger partial charge in [-0.25, -0.2) is 4.98 Å². The lowest BCUT2D eigenvalue weighted by atomic mass is 10.5. The topological polar surface area (TPSA) is 58.4 Å². The minimum absolute atomic E-state index is 0.773. The van der Waals surface area contributed by atoms with E-state index in [4.69, 9.17) is 13.3 Å². The highest BCUT2D eigenvalue weighted by Gasteiger charge is 2.36. The summed E-state index contributed by atoms with van der Waals surface area (Å²) in [5.41, 5.74) is 0. The Morgan fingerprint density at radius 2 is 1.71 bits per heavy atom. The van der Waals surface area contributed by atoms with Gasteiger partial charge in [0.1, 0.15) is 11.6 Å². The maximum absolute atomic E-state index is 5.36. The molecule has 0 radical (unpaired) electrons. The first-order valence-electron chi connectivity index (χ1n) is 5.60. The molecule has 98 valence electrons. The van der Waals surface area contributed by atoms with E-state index in [0.29, 0.717) is 0 Å². The van der Waals surface area contributed by atoms with Gasteiger partial charge >= 0.3 is 8.80 Å². The van der Waals surface area contributed by atoms with Gasteiger partial charge < -0.3 is 13.3 Å². The molecule has 1 aromatic rings. The van der Waals surface area contributed by atoms with E-state index in [1.54, 1.807) is 21.3 Å². The molecule has 7 heteroatoms. The zero-order chi connectivity index (χ0) is 12.9. The quantitative estimate of drug-likeness (QED) is 0.688. The van der Waals surface area contributed by atoms with Crippen LogP contribution in [0.25, 0.3) is 0 Å². The van der Waals surface area contributed by atoms with Crippen LogP contribution in [-0.2, 0) is 19.8 Å². The smallest absolute Gasteiger partial charge is 0.377 e. The summed E-state index contributed by atoms with van der Waals surface area (Å²) in [5.74, 6) is 1.73. The molecule has 0 aliphatic heterocycles. The Bertz CT molecular complexity index is 344.